The fourth-order valence-electron chi connectivity index (χ4n) is 5.44. The summed E-state index contributed by atoms with van der Waals surface area (Å²) in [4.78, 5) is -0.703. The van der Waals surface area contributed by atoms with E-state index in [0.717, 1.165) is 63.9 Å². The van der Waals surface area contributed by atoms with Gasteiger partial charge in [0, 0.05) is 17.6 Å². The summed E-state index contributed by atoms with van der Waals surface area (Å²) in [5, 5.41) is 12.8. The molecule has 0 heterocycles. The van der Waals surface area contributed by atoms with Gasteiger partial charge in [0.05, 0.1) is 22.5 Å². The van der Waals surface area contributed by atoms with Gasteiger partial charge >= 0.3 is 103 Å². The summed E-state index contributed by atoms with van der Waals surface area (Å²) in [5.41, 5.74) is 7.64. The van der Waals surface area contributed by atoms with Crippen LogP contribution in [-0.2, 0) is 20.2 Å². The molecule has 1 saturated carbocycles. The molecule has 1 aliphatic carbocycles. The van der Waals surface area contributed by atoms with Gasteiger partial charge in [0.1, 0.15) is 26.0 Å². The van der Waals surface area contributed by atoms with E-state index in [9.17, 15) is 31.0 Å². The van der Waals surface area contributed by atoms with Gasteiger partial charge < -0.3 is 18.9 Å². The summed E-state index contributed by atoms with van der Waals surface area (Å²) < 4.78 is 75.1. The van der Waals surface area contributed by atoms with Crippen LogP contribution < -0.4 is 123 Å². The van der Waals surface area contributed by atoms with Crippen LogP contribution in [0.2, 0.25) is 0 Å². The molecular weight excluding hydrogens is 722 g/mol. The third-order valence-electron chi connectivity index (χ3n) is 7.84. The predicted molar refractivity (Wildman–Crippen MR) is 177 cm³/mol. The normalized spacial score (nSPS) is 14.8. The minimum Gasteiger partial charge on any atom is -0.744 e. The molecule has 0 aromatic heterocycles. The van der Waals surface area contributed by atoms with Crippen LogP contribution in [0, 0.1) is 6.92 Å². The van der Waals surface area contributed by atoms with Gasteiger partial charge in [-0.3, -0.25) is 0 Å². The Morgan fingerprint density at radius 1 is 0.792 bits per heavy atom. The van der Waals surface area contributed by atoms with E-state index in [2.05, 4.69) is 24.8 Å². The topological polar surface area (TPSA) is 144 Å². The summed E-state index contributed by atoms with van der Waals surface area (Å²) >= 11 is 0. The minimum atomic E-state index is -4.63. The maximum Gasteiger partial charge on any atom is 1.00 e. The second-order valence-electron chi connectivity index (χ2n) is 11.0. The first-order chi connectivity index (χ1) is 21.9. The molecule has 0 aliphatic heterocycles. The van der Waals surface area contributed by atoms with Crippen molar-refractivity contribution in [2.24, 2.45) is 0 Å². The first kappa shape index (κ1) is 42.1. The maximum absolute atomic E-state index is 11.5. The van der Waals surface area contributed by atoms with Gasteiger partial charge in [-0.25, -0.2) is 16.8 Å². The number of hydrogen-bond acceptors (Lipinski definition) is 8. The average Bonchev–Trinajstić information content (AvgIpc) is 3.02. The van der Waals surface area contributed by atoms with Gasteiger partial charge in [0.15, 0.2) is 0 Å². The molecule has 4 aromatic carbocycles. The molecular formula is C35H33K2O8PS2. The Balaban J connectivity index is 0.00000312. The number of aliphatic hydroxyl groups excluding tert-OH is 1. The molecule has 240 valence electrons. The van der Waals surface area contributed by atoms with Crippen molar-refractivity contribution in [3.05, 3.63) is 119 Å². The van der Waals surface area contributed by atoms with Crippen molar-refractivity contribution in [3.63, 3.8) is 0 Å². The van der Waals surface area contributed by atoms with Crippen molar-refractivity contribution in [1.29, 1.82) is 0 Å². The summed E-state index contributed by atoms with van der Waals surface area (Å²) in [6.07, 6.45) is 3.73. The molecule has 0 amide bonds. The number of ether oxygens (including phenoxy) is 1. The predicted octanol–water partition coefficient (Wildman–Crippen LogP) is -1.12. The van der Waals surface area contributed by atoms with Gasteiger partial charge in [-0.05, 0) is 97.5 Å². The second kappa shape index (κ2) is 19.0. The molecule has 1 fully saturated rings. The van der Waals surface area contributed by atoms with Crippen LogP contribution >= 0.6 is 7.92 Å². The summed E-state index contributed by atoms with van der Waals surface area (Å²) in [6.45, 7) is 2.43. The van der Waals surface area contributed by atoms with E-state index in [1.165, 1.54) is 24.3 Å². The second-order valence-corrected chi connectivity index (χ2v) is 16.0. The van der Waals surface area contributed by atoms with Gasteiger partial charge in [-0.1, -0.05) is 67.1 Å². The molecule has 8 nitrogen and oxygen atoms in total. The van der Waals surface area contributed by atoms with Gasteiger partial charge in [0.2, 0.25) is 0 Å². The molecule has 0 unspecified atom stereocenters. The zero-order chi connectivity index (χ0) is 32.9. The Kier molecular flexibility index (Phi) is 16.6. The fourth-order valence-corrected chi connectivity index (χ4v) is 8.62. The van der Waals surface area contributed by atoms with E-state index in [-0.39, 0.29) is 113 Å². The van der Waals surface area contributed by atoms with Crippen molar-refractivity contribution >= 4 is 49.6 Å². The van der Waals surface area contributed by atoms with Crippen LogP contribution in [0.15, 0.2) is 118 Å². The van der Waals surface area contributed by atoms with E-state index in [1.54, 1.807) is 24.3 Å². The standard InChI is InChI=1S/C35H35O8PS2.2K/c1-25-6-2-4-8-34(25)26(24-27-7-3-5-9-35(27)36)22-23-43-28-10-12-29(13-11-28)44(30-14-18-32(19-15-30)45(37,38)39)31-16-20-33(21-17-31)46(40,41)42;;/h2,4,6,8,10-21,35-36H,3,5,7,9,22-23H2,1H3,(H,37,38,39)(H,40,41,42);;/q;2*+1/p-2/t24?,35-;;/m1../s1. The van der Waals surface area contributed by atoms with Crippen molar-refractivity contribution in [3.8, 4) is 5.75 Å². The minimum absolute atomic E-state index is 0. The summed E-state index contributed by atoms with van der Waals surface area (Å²) in [6, 6.07) is 26.8. The molecule has 0 bridgehead atoms. The SMILES string of the molecule is Cc1ccccc1C(=C=C1CCCC[C@H]1O)CCOc1ccc(P(c2ccc(S(=O)(=O)[O-])cc2)c2ccc(S(=O)(=O)[O-])cc2)cc1.[K+].[K+]. The zero-order valence-corrected chi connectivity index (χ0v) is 35.9. The quantitative estimate of drug-likeness (QED) is 0.0930. The van der Waals surface area contributed by atoms with Crippen LogP contribution in [0.5, 0.6) is 5.75 Å². The zero-order valence-electron chi connectivity index (χ0n) is 27.1. The van der Waals surface area contributed by atoms with Crippen molar-refractivity contribution in [1.82, 2.24) is 0 Å². The van der Waals surface area contributed by atoms with Crippen LogP contribution in [0.3, 0.4) is 0 Å². The van der Waals surface area contributed by atoms with E-state index >= 15 is 0 Å². The molecule has 1 aliphatic rings. The molecule has 13 heteroatoms. The summed E-state index contributed by atoms with van der Waals surface area (Å²) in [7, 11) is -10.6. The summed E-state index contributed by atoms with van der Waals surface area (Å²) in [5.74, 6) is 0.633. The monoisotopic (exact) mass is 754 g/mol. The van der Waals surface area contributed by atoms with Gasteiger partial charge in [0.25, 0.3) is 0 Å². The van der Waals surface area contributed by atoms with Crippen LogP contribution in [0.25, 0.3) is 5.57 Å². The molecule has 0 saturated heterocycles. The molecule has 48 heavy (non-hydrogen) atoms. The molecule has 4 aromatic rings. The van der Waals surface area contributed by atoms with E-state index in [0.29, 0.717) is 18.8 Å². The van der Waals surface area contributed by atoms with Gasteiger partial charge in [-0.2, -0.15) is 0 Å². The van der Waals surface area contributed by atoms with E-state index in [1.807, 2.05) is 36.4 Å². The van der Waals surface area contributed by atoms with Crippen molar-refractivity contribution in [2.45, 2.75) is 54.9 Å². The fraction of sp³-hybridized carbons (Fsp3) is 0.229. The first-order valence-corrected chi connectivity index (χ1v) is 18.9. The molecule has 1 atom stereocenters. The van der Waals surface area contributed by atoms with Crippen molar-refractivity contribution in [2.75, 3.05) is 6.61 Å². The third-order valence-corrected chi connectivity index (χ3v) is 12.0. The van der Waals surface area contributed by atoms with Crippen molar-refractivity contribution < 1.29 is 139 Å². The maximum atomic E-state index is 11.5. The Morgan fingerprint density at radius 3 is 1.77 bits per heavy atom. The van der Waals surface area contributed by atoms with E-state index in [4.69, 9.17) is 4.74 Å². The Morgan fingerprint density at radius 2 is 1.29 bits per heavy atom. The third kappa shape index (κ3) is 11.3. The van der Waals surface area contributed by atoms with E-state index < -0.39 is 34.3 Å². The molecule has 1 N–H and O–H groups in total. The number of hydrogen-bond donors (Lipinski definition) is 1. The Hall–Kier alpha value is -0.317. The number of rotatable bonds is 10. The Bertz CT molecular complexity index is 1900. The Labute approximate surface area is 369 Å². The number of benzene rings is 4. The largest absolute Gasteiger partial charge is 1.00 e. The van der Waals surface area contributed by atoms with Crippen LogP contribution in [0.4, 0.5) is 0 Å². The number of aliphatic hydroxyl groups is 1. The molecule has 0 radical (unpaired) electrons. The van der Waals surface area contributed by atoms with Crippen LogP contribution in [0.1, 0.15) is 43.2 Å². The average molecular weight is 755 g/mol. The van der Waals surface area contributed by atoms with Gasteiger partial charge in [-0.15, -0.1) is 5.73 Å². The number of aryl methyl sites for hydroxylation is 1. The first-order valence-electron chi connectivity index (χ1n) is 14.8. The smallest absolute Gasteiger partial charge is 0.744 e. The molecule has 0 spiro atoms. The van der Waals surface area contributed by atoms with Crippen LogP contribution in [-0.4, -0.2) is 43.8 Å². The molecule has 5 rings (SSSR count).